The van der Waals surface area contributed by atoms with Crippen molar-refractivity contribution < 1.29 is 14.3 Å². The van der Waals surface area contributed by atoms with Crippen LogP contribution in [0, 0.1) is 0 Å². The molecule has 2 N–H and O–H groups in total. The first-order chi connectivity index (χ1) is 14.1. The molecular weight excluding hydrogens is 388 g/mol. The van der Waals surface area contributed by atoms with Gasteiger partial charge in [0.2, 0.25) is 0 Å². The molecule has 0 radical (unpaired) electrons. The second kappa shape index (κ2) is 8.75. The molecule has 1 aromatic carbocycles. The quantitative estimate of drug-likeness (QED) is 0.602. The van der Waals surface area contributed by atoms with E-state index < -0.39 is 5.97 Å². The lowest BCUT2D eigenvalue weighted by molar-refractivity contribution is -0.144. The highest BCUT2D eigenvalue weighted by Gasteiger charge is 2.21. The Balaban J connectivity index is 1.63. The van der Waals surface area contributed by atoms with Crippen molar-refractivity contribution >= 4 is 39.2 Å². The summed E-state index contributed by atoms with van der Waals surface area (Å²) >= 11 is 1.45. The van der Waals surface area contributed by atoms with Crippen LogP contribution in [0.2, 0.25) is 0 Å². The molecule has 8 heteroatoms. The number of fused-ring (bicyclic) bond motifs is 1. The van der Waals surface area contributed by atoms with Crippen molar-refractivity contribution in [2.24, 2.45) is 0 Å². The van der Waals surface area contributed by atoms with E-state index in [9.17, 15) is 9.59 Å². The number of nitrogens with one attached hydrogen (secondary N) is 2. The molecule has 0 saturated carbocycles. The standard InChI is InChI=1S/C21H24N4O3S/c1-14(26)28-13-19(27)24-21-23-18(12-25-9-5-2-6-10-25)20(29-21)16-11-22-17-8-4-3-7-15(16)17/h3-4,7-8,11,22H,2,5-6,9-10,12-13H2,1H3,(H,23,24,27). The number of carbonyl (C=O) groups excluding carboxylic acids is 2. The van der Waals surface area contributed by atoms with E-state index in [1.807, 2.05) is 24.4 Å². The smallest absolute Gasteiger partial charge is 0.303 e. The van der Waals surface area contributed by atoms with Crippen molar-refractivity contribution in [1.29, 1.82) is 0 Å². The molecule has 1 saturated heterocycles. The highest BCUT2D eigenvalue weighted by atomic mass is 32.1. The van der Waals surface area contributed by atoms with Gasteiger partial charge in [0, 0.05) is 36.1 Å². The van der Waals surface area contributed by atoms with E-state index >= 15 is 0 Å². The van der Waals surface area contributed by atoms with Crippen LogP contribution in [0.15, 0.2) is 30.5 Å². The van der Waals surface area contributed by atoms with E-state index in [2.05, 4.69) is 21.3 Å². The summed E-state index contributed by atoms with van der Waals surface area (Å²) in [5.41, 5.74) is 3.12. The zero-order valence-electron chi connectivity index (χ0n) is 16.4. The van der Waals surface area contributed by atoms with Crippen LogP contribution in [-0.4, -0.2) is 46.4 Å². The van der Waals surface area contributed by atoms with Crippen molar-refractivity contribution in [3.63, 3.8) is 0 Å². The zero-order chi connectivity index (χ0) is 20.2. The van der Waals surface area contributed by atoms with Gasteiger partial charge in [0.15, 0.2) is 11.7 Å². The lowest BCUT2D eigenvalue weighted by Crippen LogP contribution is -2.29. The molecule has 2 aromatic heterocycles. The van der Waals surface area contributed by atoms with Crippen LogP contribution in [0.4, 0.5) is 5.13 Å². The third-order valence-corrected chi connectivity index (χ3v) is 6.05. The fraction of sp³-hybridized carbons (Fsp3) is 0.381. The molecule has 29 heavy (non-hydrogen) atoms. The normalized spacial score (nSPS) is 14.8. The second-order valence-corrected chi connectivity index (χ2v) is 8.21. The van der Waals surface area contributed by atoms with Gasteiger partial charge in [-0.25, -0.2) is 4.98 Å². The molecule has 4 rings (SSSR count). The van der Waals surface area contributed by atoms with Gasteiger partial charge in [-0.05, 0) is 32.0 Å². The molecule has 1 amide bonds. The largest absolute Gasteiger partial charge is 0.456 e. The van der Waals surface area contributed by atoms with Gasteiger partial charge in [0.1, 0.15) is 0 Å². The van der Waals surface area contributed by atoms with E-state index in [1.165, 1.54) is 37.5 Å². The minimum Gasteiger partial charge on any atom is -0.456 e. The summed E-state index contributed by atoms with van der Waals surface area (Å²) in [7, 11) is 0. The lowest BCUT2D eigenvalue weighted by Gasteiger charge is -2.25. The Morgan fingerprint density at radius 3 is 2.83 bits per heavy atom. The maximum Gasteiger partial charge on any atom is 0.303 e. The molecular formula is C21H24N4O3S. The first-order valence-corrected chi connectivity index (χ1v) is 10.6. The van der Waals surface area contributed by atoms with Gasteiger partial charge in [-0.2, -0.15) is 0 Å². The van der Waals surface area contributed by atoms with E-state index in [0.717, 1.165) is 46.7 Å². The third-order valence-electron chi connectivity index (χ3n) is 5.01. The van der Waals surface area contributed by atoms with Crippen molar-refractivity contribution in [2.75, 3.05) is 25.0 Å². The van der Waals surface area contributed by atoms with E-state index in [4.69, 9.17) is 9.72 Å². The number of hydrogen-bond donors (Lipinski definition) is 2. The number of amides is 1. The number of H-pyrrole nitrogens is 1. The summed E-state index contributed by atoms with van der Waals surface area (Å²) in [5.74, 6) is -0.867. The Hall–Kier alpha value is -2.71. The number of likely N-dealkylation sites (tertiary alicyclic amines) is 1. The molecule has 1 aliphatic heterocycles. The molecule has 7 nitrogen and oxygen atoms in total. The number of esters is 1. The van der Waals surface area contributed by atoms with Gasteiger partial charge < -0.3 is 9.72 Å². The Kier molecular flexibility index (Phi) is 5.92. The number of aromatic amines is 1. The molecule has 0 unspecified atom stereocenters. The minimum atomic E-state index is -0.482. The van der Waals surface area contributed by atoms with Gasteiger partial charge in [-0.1, -0.05) is 36.0 Å². The molecule has 1 aliphatic rings. The number of piperidine rings is 1. The number of hydrogen-bond acceptors (Lipinski definition) is 6. The van der Waals surface area contributed by atoms with Crippen molar-refractivity contribution in [3.8, 4) is 10.4 Å². The number of benzene rings is 1. The van der Waals surface area contributed by atoms with Crippen molar-refractivity contribution in [1.82, 2.24) is 14.9 Å². The molecule has 0 atom stereocenters. The molecule has 0 bridgehead atoms. The van der Waals surface area contributed by atoms with Gasteiger partial charge in [-0.15, -0.1) is 0 Å². The molecule has 0 spiro atoms. The zero-order valence-corrected chi connectivity index (χ0v) is 17.2. The first-order valence-electron chi connectivity index (χ1n) is 9.82. The number of nitrogens with zero attached hydrogens (tertiary/aromatic N) is 2. The summed E-state index contributed by atoms with van der Waals surface area (Å²) in [6.07, 6.45) is 5.69. The van der Waals surface area contributed by atoms with E-state index in [-0.39, 0.29) is 12.5 Å². The van der Waals surface area contributed by atoms with E-state index in [0.29, 0.717) is 5.13 Å². The molecule has 152 valence electrons. The number of aromatic nitrogens is 2. The Bertz CT molecular complexity index is 1020. The summed E-state index contributed by atoms with van der Waals surface area (Å²) in [4.78, 5) is 34.5. The molecule has 0 aliphatic carbocycles. The van der Waals surface area contributed by atoms with Gasteiger partial charge >= 0.3 is 5.97 Å². The van der Waals surface area contributed by atoms with Gasteiger partial charge in [0.05, 0.1) is 10.6 Å². The number of thiazole rings is 1. The number of ether oxygens (including phenoxy) is 1. The molecule has 1 fully saturated rings. The summed E-state index contributed by atoms with van der Waals surface area (Å²) in [6.45, 7) is 3.87. The van der Waals surface area contributed by atoms with Crippen LogP contribution in [0.5, 0.6) is 0 Å². The highest BCUT2D eigenvalue weighted by molar-refractivity contribution is 7.19. The number of rotatable bonds is 6. The number of para-hydroxylation sites is 1. The lowest BCUT2D eigenvalue weighted by atomic mass is 10.1. The van der Waals surface area contributed by atoms with Gasteiger partial charge in [-0.3, -0.25) is 19.8 Å². The summed E-state index contributed by atoms with van der Waals surface area (Å²) in [5, 5.41) is 4.42. The van der Waals surface area contributed by atoms with Crippen LogP contribution >= 0.6 is 11.3 Å². The average molecular weight is 413 g/mol. The Morgan fingerprint density at radius 2 is 2.03 bits per heavy atom. The van der Waals surface area contributed by atoms with Crippen LogP contribution in [0.3, 0.4) is 0 Å². The Morgan fingerprint density at radius 1 is 1.24 bits per heavy atom. The second-order valence-electron chi connectivity index (χ2n) is 7.21. The average Bonchev–Trinajstić information content (AvgIpc) is 3.31. The van der Waals surface area contributed by atoms with Crippen molar-refractivity contribution in [3.05, 3.63) is 36.2 Å². The van der Waals surface area contributed by atoms with Crippen molar-refractivity contribution in [2.45, 2.75) is 32.7 Å². The Labute approximate surface area is 173 Å². The predicted molar refractivity (Wildman–Crippen MR) is 114 cm³/mol. The number of anilines is 1. The predicted octanol–water partition coefficient (Wildman–Crippen LogP) is 3.78. The maximum atomic E-state index is 12.1. The van der Waals surface area contributed by atoms with Crippen LogP contribution in [-0.2, 0) is 20.9 Å². The topological polar surface area (TPSA) is 87.3 Å². The maximum absolute atomic E-state index is 12.1. The fourth-order valence-electron chi connectivity index (χ4n) is 3.63. The number of carbonyl (C=O) groups is 2. The highest BCUT2D eigenvalue weighted by Crippen LogP contribution is 2.38. The van der Waals surface area contributed by atoms with Crippen LogP contribution < -0.4 is 5.32 Å². The fourth-order valence-corrected chi connectivity index (χ4v) is 4.65. The first kappa shape index (κ1) is 19.6. The summed E-state index contributed by atoms with van der Waals surface area (Å²) < 4.78 is 4.78. The molecule has 3 aromatic rings. The van der Waals surface area contributed by atoms with E-state index in [1.54, 1.807) is 0 Å². The summed E-state index contributed by atoms with van der Waals surface area (Å²) in [6, 6.07) is 8.16. The van der Waals surface area contributed by atoms with Crippen LogP contribution in [0.1, 0.15) is 31.9 Å². The molecule has 3 heterocycles. The third kappa shape index (κ3) is 4.65. The van der Waals surface area contributed by atoms with Gasteiger partial charge in [0.25, 0.3) is 5.91 Å². The minimum absolute atomic E-state index is 0.307. The van der Waals surface area contributed by atoms with Crippen LogP contribution in [0.25, 0.3) is 21.3 Å². The monoisotopic (exact) mass is 412 g/mol. The SMILES string of the molecule is CC(=O)OCC(=O)Nc1nc(CN2CCCCC2)c(-c2c[nH]c3ccccc23)s1.